The predicted molar refractivity (Wildman–Crippen MR) is 114 cm³/mol. The molecule has 3 atom stereocenters. The van der Waals surface area contributed by atoms with Crippen LogP contribution >= 0.6 is 0 Å². The Balaban J connectivity index is 2.23. The Morgan fingerprint density at radius 2 is 1.87 bits per heavy atom. The second-order valence-corrected chi connectivity index (χ2v) is 7.73. The van der Waals surface area contributed by atoms with E-state index in [1.165, 1.54) is 7.11 Å². The first-order chi connectivity index (χ1) is 14.8. The van der Waals surface area contributed by atoms with Gasteiger partial charge in [0, 0.05) is 22.5 Å². The number of ether oxygens (including phenoxy) is 3. The van der Waals surface area contributed by atoms with Gasteiger partial charge in [-0.25, -0.2) is 4.79 Å². The van der Waals surface area contributed by atoms with Crippen molar-refractivity contribution in [2.24, 2.45) is 11.8 Å². The standard InChI is InChI=1S/C24H29NO6/c1-6-30-17-11-9-8-10-15(17)20-19(24(28)31-7-2)14(4)25-16-12-13(3)18(23(27)29-5)22(26)21(16)20/h8-11,13,18,20,25H,6-7,12H2,1-5H3/t13-,18-,20-/m0/s1. The van der Waals surface area contributed by atoms with Crippen LogP contribution in [-0.2, 0) is 23.9 Å². The molecule has 1 aliphatic heterocycles. The number of allylic oxidation sites excluding steroid dienone is 3. The van der Waals surface area contributed by atoms with Gasteiger partial charge in [0.05, 0.1) is 31.8 Å². The third-order valence-electron chi connectivity index (χ3n) is 5.77. The molecule has 0 radical (unpaired) electrons. The molecular weight excluding hydrogens is 398 g/mol. The topological polar surface area (TPSA) is 90.9 Å². The van der Waals surface area contributed by atoms with E-state index in [9.17, 15) is 14.4 Å². The molecule has 0 aromatic heterocycles. The number of para-hydroxylation sites is 1. The number of Topliss-reactive ketones (excluding diaryl/α,β-unsaturated/α-hetero) is 1. The van der Waals surface area contributed by atoms with Gasteiger partial charge in [-0.05, 0) is 39.2 Å². The van der Waals surface area contributed by atoms with Gasteiger partial charge in [-0.2, -0.15) is 0 Å². The van der Waals surface area contributed by atoms with Gasteiger partial charge in [0.15, 0.2) is 5.78 Å². The second-order valence-electron chi connectivity index (χ2n) is 7.73. The molecule has 0 unspecified atom stereocenters. The number of carbonyl (C=O) groups is 3. The lowest BCUT2D eigenvalue weighted by atomic mass is 9.69. The zero-order valence-corrected chi connectivity index (χ0v) is 18.6. The van der Waals surface area contributed by atoms with Crippen molar-refractivity contribution in [1.29, 1.82) is 0 Å². The summed E-state index contributed by atoms with van der Waals surface area (Å²) in [6, 6.07) is 7.34. The lowest BCUT2D eigenvalue weighted by Gasteiger charge is -2.38. The Morgan fingerprint density at radius 1 is 1.16 bits per heavy atom. The van der Waals surface area contributed by atoms with E-state index in [0.717, 1.165) is 5.70 Å². The predicted octanol–water partition coefficient (Wildman–Crippen LogP) is 3.26. The lowest BCUT2D eigenvalue weighted by Crippen LogP contribution is -2.43. The van der Waals surface area contributed by atoms with E-state index in [1.54, 1.807) is 13.8 Å². The summed E-state index contributed by atoms with van der Waals surface area (Å²) in [6.07, 6.45) is 0.488. The quantitative estimate of drug-likeness (QED) is 0.550. The van der Waals surface area contributed by atoms with E-state index in [4.69, 9.17) is 14.2 Å². The molecule has 3 rings (SSSR count). The molecule has 7 nitrogen and oxygen atoms in total. The van der Waals surface area contributed by atoms with Crippen LogP contribution in [0.3, 0.4) is 0 Å². The number of nitrogens with one attached hydrogen (secondary N) is 1. The number of hydrogen-bond donors (Lipinski definition) is 1. The molecule has 2 aliphatic rings. The molecule has 0 bridgehead atoms. The van der Waals surface area contributed by atoms with Crippen LogP contribution in [0.1, 0.15) is 45.6 Å². The van der Waals surface area contributed by atoms with E-state index in [-0.39, 0.29) is 18.3 Å². The van der Waals surface area contributed by atoms with Crippen molar-refractivity contribution in [3.05, 3.63) is 52.4 Å². The lowest BCUT2D eigenvalue weighted by molar-refractivity contribution is -0.151. The van der Waals surface area contributed by atoms with Crippen molar-refractivity contribution in [2.45, 2.75) is 40.0 Å². The minimum absolute atomic E-state index is 0.205. The van der Waals surface area contributed by atoms with Crippen LogP contribution in [0.2, 0.25) is 0 Å². The van der Waals surface area contributed by atoms with Gasteiger partial charge in [0.1, 0.15) is 11.7 Å². The molecule has 1 heterocycles. The molecule has 1 aromatic rings. The molecule has 0 saturated carbocycles. The summed E-state index contributed by atoms with van der Waals surface area (Å²) in [4.78, 5) is 39.1. The number of esters is 2. The monoisotopic (exact) mass is 427 g/mol. The van der Waals surface area contributed by atoms with E-state index in [2.05, 4.69) is 5.32 Å². The van der Waals surface area contributed by atoms with Gasteiger partial charge in [0.2, 0.25) is 0 Å². The molecule has 7 heteroatoms. The molecule has 0 fully saturated rings. The maximum atomic E-state index is 13.6. The van der Waals surface area contributed by atoms with Crippen molar-refractivity contribution >= 4 is 17.7 Å². The maximum absolute atomic E-state index is 13.6. The highest BCUT2D eigenvalue weighted by Gasteiger charge is 2.47. The largest absolute Gasteiger partial charge is 0.494 e. The molecule has 0 saturated heterocycles. The molecule has 0 amide bonds. The highest BCUT2D eigenvalue weighted by molar-refractivity contribution is 6.12. The SMILES string of the molecule is CCOC(=O)C1=C(C)NC2=C(C(=O)[C@@H](C(=O)OC)[C@@H](C)C2)[C@H]1c1ccccc1OCC. The van der Waals surface area contributed by atoms with Crippen molar-refractivity contribution in [3.63, 3.8) is 0 Å². The van der Waals surface area contributed by atoms with E-state index in [0.29, 0.717) is 41.2 Å². The van der Waals surface area contributed by atoms with Crippen LogP contribution < -0.4 is 10.1 Å². The zero-order chi connectivity index (χ0) is 22.7. The number of ketones is 1. The smallest absolute Gasteiger partial charge is 0.336 e. The maximum Gasteiger partial charge on any atom is 0.336 e. The molecule has 31 heavy (non-hydrogen) atoms. The summed E-state index contributed by atoms with van der Waals surface area (Å²) >= 11 is 0. The highest BCUT2D eigenvalue weighted by atomic mass is 16.5. The highest BCUT2D eigenvalue weighted by Crippen LogP contribution is 2.47. The molecule has 1 aliphatic carbocycles. The minimum atomic E-state index is -0.922. The Labute approximate surface area is 182 Å². The first kappa shape index (κ1) is 22.6. The number of hydrogen-bond acceptors (Lipinski definition) is 7. The van der Waals surface area contributed by atoms with Crippen LogP contribution in [0.4, 0.5) is 0 Å². The first-order valence-corrected chi connectivity index (χ1v) is 10.6. The van der Waals surface area contributed by atoms with Crippen LogP contribution in [0, 0.1) is 11.8 Å². The van der Waals surface area contributed by atoms with Crippen molar-refractivity contribution in [1.82, 2.24) is 5.32 Å². The average molecular weight is 427 g/mol. The summed E-state index contributed by atoms with van der Waals surface area (Å²) in [6.45, 7) is 7.90. The first-order valence-electron chi connectivity index (χ1n) is 10.6. The molecule has 1 aromatic carbocycles. The van der Waals surface area contributed by atoms with Gasteiger partial charge < -0.3 is 19.5 Å². The van der Waals surface area contributed by atoms with Gasteiger partial charge in [0.25, 0.3) is 0 Å². The van der Waals surface area contributed by atoms with Crippen molar-refractivity contribution in [3.8, 4) is 5.75 Å². The summed E-state index contributed by atoms with van der Waals surface area (Å²) in [5.41, 5.74) is 2.78. The van der Waals surface area contributed by atoms with Crippen LogP contribution in [0.5, 0.6) is 5.75 Å². The van der Waals surface area contributed by atoms with Crippen LogP contribution in [-0.4, -0.2) is 38.0 Å². The van der Waals surface area contributed by atoms with Crippen LogP contribution in [0.15, 0.2) is 46.8 Å². The van der Waals surface area contributed by atoms with Gasteiger partial charge in [-0.15, -0.1) is 0 Å². The Bertz CT molecular complexity index is 961. The molecule has 166 valence electrons. The number of rotatable bonds is 6. The van der Waals surface area contributed by atoms with Crippen LogP contribution in [0.25, 0.3) is 0 Å². The van der Waals surface area contributed by atoms with E-state index < -0.39 is 23.8 Å². The van der Waals surface area contributed by atoms with Gasteiger partial charge in [-0.3, -0.25) is 9.59 Å². The third-order valence-corrected chi connectivity index (χ3v) is 5.77. The Kier molecular flexibility index (Phi) is 6.83. The zero-order valence-electron chi connectivity index (χ0n) is 18.6. The minimum Gasteiger partial charge on any atom is -0.494 e. The fraction of sp³-hybridized carbons (Fsp3) is 0.458. The van der Waals surface area contributed by atoms with Crippen molar-refractivity contribution in [2.75, 3.05) is 20.3 Å². The number of benzene rings is 1. The third kappa shape index (κ3) is 4.09. The van der Waals surface area contributed by atoms with Gasteiger partial charge >= 0.3 is 11.9 Å². The second kappa shape index (κ2) is 9.37. The summed E-state index contributed by atoms with van der Waals surface area (Å²) in [5.74, 6) is -2.68. The summed E-state index contributed by atoms with van der Waals surface area (Å²) < 4.78 is 16.1. The average Bonchev–Trinajstić information content (AvgIpc) is 2.73. The Hall–Kier alpha value is -3.09. The Morgan fingerprint density at radius 3 is 2.52 bits per heavy atom. The molecule has 1 N–H and O–H groups in total. The summed E-state index contributed by atoms with van der Waals surface area (Å²) in [5, 5.41) is 3.24. The number of carbonyl (C=O) groups excluding carboxylic acids is 3. The molecule has 0 spiro atoms. The van der Waals surface area contributed by atoms with Crippen molar-refractivity contribution < 1.29 is 28.6 Å². The van der Waals surface area contributed by atoms with E-state index >= 15 is 0 Å². The van der Waals surface area contributed by atoms with Gasteiger partial charge in [-0.1, -0.05) is 25.1 Å². The fourth-order valence-electron chi connectivity index (χ4n) is 4.48. The number of dihydropyridines is 1. The molecular formula is C24H29NO6. The number of methoxy groups -OCH3 is 1. The summed E-state index contributed by atoms with van der Waals surface area (Å²) in [7, 11) is 1.28. The normalized spacial score (nSPS) is 23.1. The van der Waals surface area contributed by atoms with E-state index in [1.807, 2.05) is 38.1 Å². The fourth-order valence-corrected chi connectivity index (χ4v) is 4.48.